The van der Waals surface area contributed by atoms with Crippen molar-refractivity contribution in [3.05, 3.63) is 81.1 Å². The number of aromatic nitrogens is 1. The molecule has 2 aromatic carbocycles. The van der Waals surface area contributed by atoms with E-state index in [0.29, 0.717) is 29.5 Å². The van der Waals surface area contributed by atoms with Gasteiger partial charge in [-0.05, 0) is 67.1 Å². The highest BCUT2D eigenvalue weighted by Gasteiger charge is 2.39. The Morgan fingerprint density at radius 2 is 2.00 bits per heavy atom. The van der Waals surface area contributed by atoms with Gasteiger partial charge in [-0.15, -0.1) is 11.3 Å². The van der Waals surface area contributed by atoms with Crippen molar-refractivity contribution >= 4 is 23.2 Å². The van der Waals surface area contributed by atoms with Crippen LogP contribution in [0.5, 0.6) is 5.75 Å². The molecule has 1 aromatic heterocycles. The molecule has 1 saturated carbocycles. The summed E-state index contributed by atoms with van der Waals surface area (Å²) in [6.45, 7) is 3.30. The van der Waals surface area contributed by atoms with E-state index in [1.807, 2.05) is 30.0 Å². The Labute approximate surface area is 201 Å². The maximum atomic E-state index is 13.6. The number of fused-ring (bicyclic) bond motifs is 1. The molecule has 6 nitrogen and oxygen atoms in total. The van der Waals surface area contributed by atoms with Crippen LogP contribution >= 0.6 is 11.3 Å². The summed E-state index contributed by atoms with van der Waals surface area (Å²) in [5, 5.41) is 5.17. The Morgan fingerprint density at radius 1 is 1.21 bits per heavy atom. The lowest BCUT2D eigenvalue weighted by atomic mass is 9.87. The summed E-state index contributed by atoms with van der Waals surface area (Å²) in [5.74, 6) is 0.454. The van der Waals surface area contributed by atoms with Gasteiger partial charge in [0.25, 0.3) is 5.91 Å². The molecule has 3 aromatic rings. The molecule has 0 radical (unpaired) electrons. The summed E-state index contributed by atoms with van der Waals surface area (Å²) in [6, 6.07) is 12.1. The molecule has 2 amide bonds. The molecule has 5 rings (SSSR count). The Hall–Kier alpha value is -3.26. The zero-order chi connectivity index (χ0) is 23.7. The van der Waals surface area contributed by atoms with Gasteiger partial charge in [-0.3, -0.25) is 9.59 Å². The van der Waals surface area contributed by atoms with Crippen LogP contribution in [0.15, 0.2) is 47.8 Å². The van der Waals surface area contributed by atoms with Crippen LogP contribution in [-0.4, -0.2) is 34.8 Å². The molecule has 0 spiro atoms. The van der Waals surface area contributed by atoms with Crippen LogP contribution in [0.3, 0.4) is 0 Å². The van der Waals surface area contributed by atoms with Gasteiger partial charge in [-0.1, -0.05) is 18.2 Å². The number of nitrogens with zero attached hydrogens (tertiary/aromatic N) is 2. The number of ether oxygens (including phenoxy) is 1. The summed E-state index contributed by atoms with van der Waals surface area (Å²) in [4.78, 5) is 31.4. The van der Waals surface area contributed by atoms with Crippen LogP contribution in [0.25, 0.3) is 0 Å². The predicted octanol–water partition coefficient (Wildman–Crippen LogP) is 4.50. The van der Waals surface area contributed by atoms with Gasteiger partial charge in [-0.2, -0.15) is 0 Å². The standard InChI is InChI=1S/C26H26FN3O3S/c1-2-28-25(31)22-15-34-23(29-22)14-33-20-10-7-16-11-12-30(26(32)18-3-4-18)24(21(16)13-20)17-5-8-19(27)9-6-17/h5-10,13,15,18,24H,2-4,11-12,14H2,1H3,(H,28,31). The van der Waals surface area contributed by atoms with Gasteiger partial charge in [0.1, 0.15) is 28.9 Å². The third kappa shape index (κ3) is 4.68. The molecule has 2 aliphatic rings. The van der Waals surface area contributed by atoms with Crippen LogP contribution in [0.2, 0.25) is 0 Å². The number of benzene rings is 2. The van der Waals surface area contributed by atoms with E-state index in [2.05, 4.69) is 10.3 Å². The maximum absolute atomic E-state index is 13.6. The average molecular weight is 480 g/mol. The van der Waals surface area contributed by atoms with Gasteiger partial charge in [-0.25, -0.2) is 9.37 Å². The first-order chi connectivity index (χ1) is 16.5. The van der Waals surface area contributed by atoms with Crippen molar-refractivity contribution < 1.29 is 18.7 Å². The fourth-order valence-corrected chi connectivity index (χ4v) is 5.05. The summed E-state index contributed by atoms with van der Waals surface area (Å²) in [5.41, 5.74) is 3.45. The number of hydrogen-bond acceptors (Lipinski definition) is 5. The van der Waals surface area contributed by atoms with Crippen molar-refractivity contribution in [2.45, 2.75) is 38.8 Å². The monoisotopic (exact) mass is 479 g/mol. The Kier molecular flexibility index (Phi) is 6.32. The molecular weight excluding hydrogens is 453 g/mol. The fourth-order valence-electron chi connectivity index (χ4n) is 4.37. The number of nitrogens with one attached hydrogen (secondary N) is 1. The van der Waals surface area contributed by atoms with Crippen LogP contribution in [0, 0.1) is 11.7 Å². The number of amides is 2. The molecule has 1 atom stereocenters. The largest absolute Gasteiger partial charge is 0.486 e. The first-order valence-corrected chi connectivity index (χ1v) is 12.5. The van der Waals surface area contributed by atoms with Gasteiger partial charge in [0.2, 0.25) is 5.91 Å². The zero-order valence-corrected chi connectivity index (χ0v) is 19.7. The van der Waals surface area contributed by atoms with Crippen molar-refractivity contribution in [3.63, 3.8) is 0 Å². The van der Waals surface area contributed by atoms with Crippen LogP contribution in [0.1, 0.15) is 58.0 Å². The van der Waals surface area contributed by atoms with Gasteiger partial charge in [0.15, 0.2) is 0 Å². The maximum Gasteiger partial charge on any atom is 0.270 e. The van der Waals surface area contributed by atoms with E-state index in [9.17, 15) is 14.0 Å². The van der Waals surface area contributed by atoms with E-state index < -0.39 is 0 Å². The third-order valence-electron chi connectivity index (χ3n) is 6.23. The molecular formula is C26H26FN3O3S. The third-order valence-corrected chi connectivity index (χ3v) is 7.05. The van der Waals surface area contributed by atoms with Crippen LogP contribution in [-0.2, 0) is 17.8 Å². The topological polar surface area (TPSA) is 71.5 Å². The SMILES string of the molecule is CCNC(=O)c1csc(COc2ccc3c(c2)C(c2ccc(F)cc2)N(C(=O)C2CC2)CC3)n1. The fraction of sp³-hybridized carbons (Fsp3) is 0.346. The molecule has 1 N–H and O–H groups in total. The molecule has 0 bridgehead atoms. The van der Waals surface area contributed by atoms with Gasteiger partial charge < -0.3 is 15.0 Å². The summed E-state index contributed by atoms with van der Waals surface area (Å²) < 4.78 is 19.7. The lowest BCUT2D eigenvalue weighted by Crippen LogP contribution is -2.41. The van der Waals surface area contributed by atoms with Crippen molar-refractivity contribution in [1.29, 1.82) is 0 Å². The number of halogens is 1. The van der Waals surface area contributed by atoms with Crippen molar-refractivity contribution in [1.82, 2.24) is 15.2 Å². The molecule has 1 aliphatic heterocycles. The smallest absolute Gasteiger partial charge is 0.270 e. The second-order valence-electron chi connectivity index (χ2n) is 8.65. The number of carbonyl (C=O) groups excluding carboxylic acids is 2. The lowest BCUT2D eigenvalue weighted by Gasteiger charge is -2.38. The molecule has 1 aliphatic carbocycles. The first-order valence-electron chi connectivity index (χ1n) is 11.6. The number of carbonyl (C=O) groups is 2. The average Bonchev–Trinajstić information content (AvgIpc) is 3.59. The van der Waals surface area contributed by atoms with Gasteiger partial charge in [0.05, 0.1) is 6.04 Å². The van der Waals surface area contributed by atoms with E-state index >= 15 is 0 Å². The first kappa shape index (κ1) is 22.5. The minimum Gasteiger partial charge on any atom is -0.486 e. The highest BCUT2D eigenvalue weighted by Crippen LogP contribution is 2.41. The molecule has 1 fully saturated rings. The Balaban J connectivity index is 1.40. The zero-order valence-electron chi connectivity index (χ0n) is 18.9. The van der Waals surface area contributed by atoms with Crippen LogP contribution in [0.4, 0.5) is 4.39 Å². The number of hydrogen-bond donors (Lipinski definition) is 1. The highest BCUT2D eigenvalue weighted by atomic mass is 32.1. The van der Waals surface area contributed by atoms with E-state index in [1.54, 1.807) is 17.5 Å². The summed E-state index contributed by atoms with van der Waals surface area (Å²) in [6.07, 6.45) is 2.65. The summed E-state index contributed by atoms with van der Waals surface area (Å²) >= 11 is 1.38. The molecule has 34 heavy (non-hydrogen) atoms. The predicted molar refractivity (Wildman–Crippen MR) is 127 cm³/mol. The van der Waals surface area contributed by atoms with Crippen molar-refractivity contribution in [2.75, 3.05) is 13.1 Å². The van der Waals surface area contributed by atoms with Crippen molar-refractivity contribution in [3.8, 4) is 5.75 Å². The van der Waals surface area contributed by atoms with Gasteiger partial charge >= 0.3 is 0 Å². The quantitative estimate of drug-likeness (QED) is 0.542. The number of rotatable bonds is 7. The summed E-state index contributed by atoms with van der Waals surface area (Å²) in [7, 11) is 0. The lowest BCUT2D eigenvalue weighted by molar-refractivity contribution is -0.134. The molecule has 0 saturated heterocycles. The number of thiazole rings is 1. The highest BCUT2D eigenvalue weighted by molar-refractivity contribution is 7.09. The van der Waals surface area contributed by atoms with E-state index in [1.165, 1.54) is 23.5 Å². The second kappa shape index (κ2) is 9.54. The minimum absolute atomic E-state index is 0.105. The molecule has 1 unspecified atom stereocenters. The molecule has 8 heteroatoms. The van der Waals surface area contributed by atoms with E-state index in [-0.39, 0.29) is 36.2 Å². The van der Waals surface area contributed by atoms with Gasteiger partial charge in [0, 0.05) is 24.4 Å². The van der Waals surface area contributed by atoms with E-state index in [4.69, 9.17) is 4.74 Å². The van der Waals surface area contributed by atoms with Crippen molar-refractivity contribution in [2.24, 2.45) is 5.92 Å². The Bertz CT molecular complexity index is 1210. The van der Waals surface area contributed by atoms with Crippen LogP contribution < -0.4 is 10.1 Å². The minimum atomic E-state index is -0.299. The van der Waals surface area contributed by atoms with E-state index in [0.717, 1.165) is 36.0 Å². The molecule has 176 valence electrons. The molecule has 2 heterocycles. The second-order valence-corrected chi connectivity index (χ2v) is 9.59. The normalized spacial score (nSPS) is 17.2. The Morgan fingerprint density at radius 3 is 2.74 bits per heavy atom.